The molecule has 1 aromatic heterocycles. The maximum atomic E-state index is 13.5. The molecule has 0 aliphatic carbocycles. The SMILES string of the molecule is CC(C)c1c(-c2cc(F)cc(C#N)c2)[nH]cnc1=S. The zero-order valence-corrected chi connectivity index (χ0v) is 11.4. The predicted molar refractivity (Wildman–Crippen MR) is 73.6 cm³/mol. The van der Waals surface area contributed by atoms with Gasteiger partial charge in [0.1, 0.15) is 10.5 Å². The molecule has 1 heterocycles. The lowest BCUT2D eigenvalue weighted by atomic mass is 9.97. The van der Waals surface area contributed by atoms with E-state index in [2.05, 4.69) is 9.97 Å². The number of benzene rings is 1. The molecule has 1 aromatic carbocycles. The summed E-state index contributed by atoms with van der Waals surface area (Å²) in [6.07, 6.45) is 1.49. The Bertz CT molecular complexity index is 713. The van der Waals surface area contributed by atoms with Crippen molar-refractivity contribution in [3.63, 3.8) is 0 Å². The Morgan fingerprint density at radius 1 is 1.37 bits per heavy atom. The van der Waals surface area contributed by atoms with Gasteiger partial charge in [-0.15, -0.1) is 0 Å². The first-order valence-corrected chi connectivity index (χ1v) is 6.22. The van der Waals surface area contributed by atoms with Gasteiger partial charge in [-0.05, 0) is 24.1 Å². The Morgan fingerprint density at radius 3 is 2.74 bits per heavy atom. The van der Waals surface area contributed by atoms with Crippen molar-refractivity contribution in [1.82, 2.24) is 9.97 Å². The van der Waals surface area contributed by atoms with E-state index in [1.807, 2.05) is 19.9 Å². The van der Waals surface area contributed by atoms with Crippen molar-refractivity contribution >= 4 is 12.2 Å². The normalized spacial score (nSPS) is 10.5. The third kappa shape index (κ3) is 2.69. The molecule has 96 valence electrons. The fraction of sp³-hybridized carbons (Fsp3) is 0.214. The van der Waals surface area contributed by atoms with E-state index in [9.17, 15) is 4.39 Å². The monoisotopic (exact) mass is 273 g/mol. The molecule has 1 N–H and O–H groups in total. The fourth-order valence-electron chi connectivity index (χ4n) is 1.98. The Balaban J connectivity index is 2.73. The highest BCUT2D eigenvalue weighted by Crippen LogP contribution is 2.28. The maximum absolute atomic E-state index is 13.5. The minimum Gasteiger partial charge on any atom is -0.346 e. The summed E-state index contributed by atoms with van der Waals surface area (Å²) >= 11 is 5.22. The number of aromatic nitrogens is 2. The van der Waals surface area contributed by atoms with Crippen molar-refractivity contribution in [2.24, 2.45) is 0 Å². The standard InChI is InChI=1S/C14H12FN3S/c1-8(2)12-13(17-7-18-14(12)19)10-3-9(6-16)4-11(15)5-10/h3-5,7-8H,1-2H3,(H,17,18,19). The largest absolute Gasteiger partial charge is 0.346 e. The molecule has 0 spiro atoms. The van der Waals surface area contributed by atoms with Crippen molar-refractivity contribution < 1.29 is 4.39 Å². The molecule has 2 aromatic rings. The molecule has 0 amide bonds. The van der Waals surface area contributed by atoms with E-state index in [0.717, 1.165) is 5.56 Å². The summed E-state index contributed by atoms with van der Waals surface area (Å²) in [4.78, 5) is 7.05. The molecule has 0 saturated heterocycles. The Kier molecular flexibility index (Phi) is 3.72. The number of hydrogen-bond acceptors (Lipinski definition) is 3. The summed E-state index contributed by atoms with van der Waals surface area (Å²) in [5, 5.41) is 8.91. The fourth-order valence-corrected chi connectivity index (χ4v) is 2.37. The number of nitrogens with one attached hydrogen (secondary N) is 1. The number of nitrogens with zero attached hydrogens (tertiary/aromatic N) is 2. The first-order chi connectivity index (χ1) is 9.02. The first-order valence-electron chi connectivity index (χ1n) is 5.81. The lowest BCUT2D eigenvalue weighted by Gasteiger charge is -2.12. The molecule has 0 fully saturated rings. The molecule has 0 saturated carbocycles. The molecular formula is C14H12FN3S. The lowest BCUT2D eigenvalue weighted by Crippen LogP contribution is -1.99. The van der Waals surface area contributed by atoms with Gasteiger partial charge in [-0.25, -0.2) is 9.37 Å². The van der Waals surface area contributed by atoms with Gasteiger partial charge in [0, 0.05) is 11.1 Å². The van der Waals surface area contributed by atoms with Gasteiger partial charge in [0.15, 0.2) is 0 Å². The summed E-state index contributed by atoms with van der Waals surface area (Å²) in [5.41, 5.74) is 2.45. The van der Waals surface area contributed by atoms with Crippen molar-refractivity contribution in [3.05, 3.63) is 46.1 Å². The molecular weight excluding hydrogens is 261 g/mol. The van der Waals surface area contributed by atoms with Crippen molar-refractivity contribution in [3.8, 4) is 17.3 Å². The van der Waals surface area contributed by atoms with E-state index >= 15 is 0 Å². The summed E-state index contributed by atoms with van der Waals surface area (Å²) < 4.78 is 14.0. The smallest absolute Gasteiger partial charge is 0.133 e. The second-order valence-electron chi connectivity index (χ2n) is 4.49. The van der Waals surface area contributed by atoms with Crippen LogP contribution in [0, 0.1) is 21.8 Å². The lowest BCUT2D eigenvalue weighted by molar-refractivity contribution is 0.627. The van der Waals surface area contributed by atoms with Crippen LogP contribution in [0.15, 0.2) is 24.5 Å². The zero-order chi connectivity index (χ0) is 14.0. The number of rotatable bonds is 2. The van der Waals surface area contributed by atoms with Crippen LogP contribution >= 0.6 is 12.2 Å². The molecule has 0 atom stereocenters. The highest BCUT2D eigenvalue weighted by Gasteiger charge is 2.13. The summed E-state index contributed by atoms with van der Waals surface area (Å²) in [6, 6.07) is 6.17. The highest BCUT2D eigenvalue weighted by atomic mass is 32.1. The molecule has 0 aliphatic rings. The van der Waals surface area contributed by atoms with Gasteiger partial charge in [0.2, 0.25) is 0 Å². The van der Waals surface area contributed by atoms with Gasteiger partial charge in [0.05, 0.1) is 23.7 Å². The van der Waals surface area contributed by atoms with Crippen LogP contribution in [0.2, 0.25) is 0 Å². The van der Waals surface area contributed by atoms with Gasteiger partial charge < -0.3 is 4.98 Å². The van der Waals surface area contributed by atoms with E-state index in [1.165, 1.54) is 18.5 Å². The molecule has 5 heteroatoms. The Hall–Kier alpha value is -2.06. The molecule has 2 rings (SSSR count). The number of aromatic amines is 1. The highest BCUT2D eigenvalue weighted by molar-refractivity contribution is 7.71. The van der Waals surface area contributed by atoms with Crippen LogP contribution in [0.4, 0.5) is 4.39 Å². The van der Waals surface area contributed by atoms with Crippen LogP contribution in [0.5, 0.6) is 0 Å². The average Bonchev–Trinajstić information content (AvgIpc) is 2.37. The number of halogens is 1. The van der Waals surface area contributed by atoms with Crippen molar-refractivity contribution in [2.45, 2.75) is 19.8 Å². The second-order valence-corrected chi connectivity index (χ2v) is 4.88. The van der Waals surface area contributed by atoms with Gasteiger partial charge in [0.25, 0.3) is 0 Å². The van der Waals surface area contributed by atoms with Crippen LogP contribution in [0.3, 0.4) is 0 Å². The van der Waals surface area contributed by atoms with Crippen molar-refractivity contribution in [1.29, 1.82) is 5.26 Å². The van der Waals surface area contributed by atoms with Crippen LogP contribution in [0.25, 0.3) is 11.3 Å². The van der Waals surface area contributed by atoms with E-state index in [0.29, 0.717) is 15.9 Å². The quantitative estimate of drug-likeness (QED) is 0.843. The summed E-state index contributed by atoms with van der Waals surface area (Å²) in [6.45, 7) is 3.99. The first kappa shape index (κ1) is 13.4. The van der Waals surface area contributed by atoms with Crippen LogP contribution in [-0.4, -0.2) is 9.97 Å². The summed E-state index contributed by atoms with van der Waals surface area (Å²) in [7, 11) is 0. The van der Waals surface area contributed by atoms with Crippen LogP contribution in [0.1, 0.15) is 30.9 Å². The van der Waals surface area contributed by atoms with Crippen LogP contribution in [-0.2, 0) is 0 Å². The van der Waals surface area contributed by atoms with Crippen LogP contribution < -0.4 is 0 Å². The Labute approximate surface area is 115 Å². The predicted octanol–water partition coefficient (Wildman–Crippen LogP) is 3.94. The second kappa shape index (κ2) is 5.29. The number of nitriles is 1. The van der Waals surface area contributed by atoms with Gasteiger partial charge >= 0.3 is 0 Å². The third-order valence-corrected chi connectivity index (χ3v) is 3.11. The molecule has 0 bridgehead atoms. The topological polar surface area (TPSA) is 52.5 Å². The minimum atomic E-state index is -0.445. The van der Waals surface area contributed by atoms with E-state index in [-0.39, 0.29) is 11.5 Å². The van der Waals surface area contributed by atoms with Crippen molar-refractivity contribution in [2.75, 3.05) is 0 Å². The van der Waals surface area contributed by atoms with E-state index in [1.54, 1.807) is 6.07 Å². The number of hydrogen-bond donors (Lipinski definition) is 1. The van der Waals surface area contributed by atoms with Gasteiger partial charge in [-0.3, -0.25) is 0 Å². The minimum absolute atomic E-state index is 0.154. The molecule has 0 aliphatic heterocycles. The average molecular weight is 273 g/mol. The third-order valence-electron chi connectivity index (χ3n) is 2.78. The summed E-state index contributed by atoms with van der Waals surface area (Å²) in [5.74, 6) is -0.291. The number of H-pyrrole nitrogens is 1. The molecule has 3 nitrogen and oxygen atoms in total. The zero-order valence-electron chi connectivity index (χ0n) is 10.6. The van der Waals surface area contributed by atoms with Gasteiger partial charge in [-0.2, -0.15) is 5.26 Å². The van der Waals surface area contributed by atoms with Gasteiger partial charge in [-0.1, -0.05) is 26.1 Å². The molecule has 19 heavy (non-hydrogen) atoms. The molecule has 0 unspecified atom stereocenters. The molecule has 0 radical (unpaired) electrons. The Morgan fingerprint density at radius 2 is 2.11 bits per heavy atom. The van der Waals surface area contributed by atoms with E-state index < -0.39 is 5.82 Å². The maximum Gasteiger partial charge on any atom is 0.133 e. The van der Waals surface area contributed by atoms with E-state index in [4.69, 9.17) is 17.5 Å².